The van der Waals surface area contributed by atoms with Gasteiger partial charge in [-0.25, -0.2) is 9.59 Å². The standard InChI is InChI=1S/C15H22N2O4/c1-4-6-7-9-16-15(19)17-12-10-11(8-5-2)21-13(12)14(18)20-3/h5,10H,2,4,6-9H2,1,3H3,(H2,16,17,19). The molecule has 0 spiro atoms. The maximum Gasteiger partial charge on any atom is 0.376 e. The molecule has 0 aliphatic rings. The van der Waals surface area contributed by atoms with Gasteiger partial charge in [0, 0.05) is 19.0 Å². The first-order valence-electron chi connectivity index (χ1n) is 6.99. The minimum Gasteiger partial charge on any atom is -0.463 e. The van der Waals surface area contributed by atoms with Gasteiger partial charge in [0.2, 0.25) is 5.76 Å². The highest BCUT2D eigenvalue weighted by Crippen LogP contribution is 2.22. The molecule has 0 fully saturated rings. The Morgan fingerprint density at radius 3 is 2.81 bits per heavy atom. The maximum absolute atomic E-state index is 11.8. The predicted octanol–water partition coefficient (Wildman–Crippen LogP) is 3.11. The molecule has 2 N–H and O–H groups in total. The van der Waals surface area contributed by atoms with Gasteiger partial charge in [-0.1, -0.05) is 25.8 Å². The van der Waals surface area contributed by atoms with E-state index >= 15 is 0 Å². The molecule has 0 unspecified atom stereocenters. The molecule has 0 radical (unpaired) electrons. The second kappa shape index (κ2) is 8.84. The first kappa shape index (κ1) is 16.8. The third-order valence-electron chi connectivity index (χ3n) is 2.81. The van der Waals surface area contributed by atoms with Crippen molar-refractivity contribution in [2.75, 3.05) is 19.0 Å². The number of esters is 1. The number of methoxy groups -OCH3 is 1. The van der Waals surface area contributed by atoms with Crippen molar-refractivity contribution < 1.29 is 18.7 Å². The smallest absolute Gasteiger partial charge is 0.376 e. The lowest BCUT2D eigenvalue weighted by Gasteiger charge is -2.06. The minimum atomic E-state index is -0.633. The molecule has 1 heterocycles. The fraction of sp³-hybridized carbons (Fsp3) is 0.467. The molecule has 0 atom stereocenters. The largest absolute Gasteiger partial charge is 0.463 e. The van der Waals surface area contributed by atoms with Gasteiger partial charge in [0.15, 0.2) is 0 Å². The van der Waals surface area contributed by atoms with E-state index in [2.05, 4.69) is 28.9 Å². The number of allylic oxidation sites excluding steroid dienone is 1. The molecule has 0 saturated carbocycles. The summed E-state index contributed by atoms with van der Waals surface area (Å²) in [7, 11) is 1.26. The summed E-state index contributed by atoms with van der Waals surface area (Å²) >= 11 is 0. The SMILES string of the molecule is C=CCc1cc(NC(=O)NCCCCC)c(C(=O)OC)o1. The normalized spacial score (nSPS) is 10.0. The van der Waals surface area contributed by atoms with E-state index in [1.807, 2.05) is 0 Å². The molecule has 6 nitrogen and oxygen atoms in total. The summed E-state index contributed by atoms with van der Waals surface area (Å²) in [5, 5.41) is 5.33. The summed E-state index contributed by atoms with van der Waals surface area (Å²) in [6.45, 7) is 6.28. The molecule has 116 valence electrons. The molecule has 1 aromatic rings. The number of amides is 2. The van der Waals surface area contributed by atoms with E-state index in [9.17, 15) is 9.59 Å². The molecule has 1 aromatic heterocycles. The van der Waals surface area contributed by atoms with E-state index in [-0.39, 0.29) is 11.8 Å². The first-order valence-corrected chi connectivity index (χ1v) is 6.99. The van der Waals surface area contributed by atoms with Crippen LogP contribution < -0.4 is 10.6 Å². The fourth-order valence-corrected chi connectivity index (χ4v) is 1.77. The minimum absolute atomic E-state index is 0.0157. The Morgan fingerprint density at radius 1 is 1.43 bits per heavy atom. The van der Waals surface area contributed by atoms with E-state index in [0.29, 0.717) is 24.4 Å². The van der Waals surface area contributed by atoms with Crippen molar-refractivity contribution in [2.24, 2.45) is 0 Å². The summed E-state index contributed by atoms with van der Waals surface area (Å²) in [6.07, 6.45) is 5.17. The molecule has 21 heavy (non-hydrogen) atoms. The lowest BCUT2D eigenvalue weighted by molar-refractivity contribution is 0.0565. The molecular weight excluding hydrogens is 272 g/mol. The average Bonchev–Trinajstić information content (AvgIpc) is 2.86. The Labute approximate surface area is 124 Å². The number of unbranched alkanes of at least 4 members (excludes halogenated alkanes) is 2. The van der Waals surface area contributed by atoms with Crippen molar-refractivity contribution in [3.05, 3.63) is 30.2 Å². The number of carbonyl (C=O) groups excluding carboxylic acids is 2. The lowest BCUT2D eigenvalue weighted by atomic mass is 10.2. The second-order valence-corrected chi connectivity index (χ2v) is 4.53. The van der Waals surface area contributed by atoms with Crippen LogP contribution in [0.2, 0.25) is 0 Å². The molecule has 0 bridgehead atoms. The molecule has 0 saturated heterocycles. The molecule has 0 aliphatic heterocycles. The van der Waals surface area contributed by atoms with Crippen LogP contribution in [0.1, 0.15) is 42.5 Å². The Balaban J connectivity index is 2.69. The van der Waals surface area contributed by atoms with E-state index in [0.717, 1.165) is 19.3 Å². The van der Waals surface area contributed by atoms with E-state index < -0.39 is 5.97 Å². The summed E-state index contributed by atoms with van der Waals surface area (Å²) in [5.41, 5.74) is 0.298. The maximum atomic E-state index is 11.8. The van der Waals surface area contributed by atoms with Crippen LogP contribution in [0, 0.1) is 0 Å². The van der Waals surface area contributed by atoms with Crippen molar-refractivity contribution in [1.29, 1.82) is 0 Å². The zero-order chi connectivity index (χ0) is 15.7. The fourth-order valence-electron chi connectivity index (χ4n) is 1.77. The van der Waals surface area contributed by atoms with E-state index in [1.165, 1.54) is 7.11 Å². The van der Waals surface area contributed by atoms with Gasteiger partial charge in [-0.2, -0.15) is 0 Å². The zero-order valence-corrected chi connectivity index (χ0v) is 12.5. The van der Waals surface area contributed by atoms with Crippen LogP contribution in [0.5, 0.6) is 0 Å². The quantitative estimate of drug-likeness (QED) is 0.438. The van der Waals surface area contributed by atoms with Crippen LogP contribution in [0.25, 0.3) is 0 Å². The Morgan fingerprint density at radius 2 is 2.19 bits per heavy atom. The van der Waals surface area contributed by atoms with Gasteiger partial charge in [-0.3, -0.25) is 0 Å². The van der Waals surface area contributed by atoms with Gasteiger partial charge < -0.3 is 19.8 Å². The zero-order valence-electron chi connectivity index (χ0n) is 12.5. The Bertz CT molecular complexity index is 494. The van der Waals surface area contributed by atoms with Crippen molar-refractivity contribution in [3.63, 3.8) is 0 Å². The Kier molecular flexibility index (Phi) is 7.08. The number of rotatable bonds is 8. The van der Waals surface area contributed by atoms with Crippen molar-refractivity contribution in [3.8, 4) is 0 Å². The summed E-state index contributed by atoms with van der Waals surface area (Å²) in [5.74, 6) is -0.115. The first-order chi connectivity index (χ1) is 10.1. The molecule has 0 aromatic carbocycles. The van der Waals surface area contributed by atoms with Gasteiger partial charge in [-0.15, -0.1) is 6.58 Å². The second-order valence-electron chi connectivity index (χ2n) is 4.53. The number of furan rings is 1. The highest BCUT2D eigenvalue weighted by atomic mass is 16.5. The number of ether oxygens (including phenoxy) is 1. The lowest BCUT2D eigenvalue weighted by Crippen LogP contribution is -2.29. The molecular formula is C15H22N2O4. The monoisotopic (exact) mass is 294 g/mol. The average molecular weight is 294 g/mol. The van der Waals surface area contributed by atoms with Gasteiger partial charge in [0.1, 0.15) is 5.76 Å². The van der Waals surface area contributed by atoms with Crippen molar-refractivity contribution in [2.45, 2.75) is 32.6 Å². The van der Waals surface area contributed by atoms with Gasteiger partial charge in [0.25, 0.3) is 0 Å². The summed E-state index contributed by atoms with van der Waals surface area (Å²) in [6, 6.07) is 1.22. The Hall–Kier alpha value is -2.24. The van der Waals surface area contributed by atoms with Crippen LogP contribution in [-0.2, 0) is 11.2 Å². The summed E-state index contributed by atoms with van der Waals surface area (Å²) < 4.78 is 10.00. The van der Waals surface area contributed by atoms with Crippen molar-refractivity contribution in [1.82, 2.24) is 5.32 Å². The number of nitrogens with one attached hydrogen (secondary N) is 2. The van der Waals surface area contributed by atoms with Crippen LogP contribution in [0.3, 0.4) is 0 Å². The highest BCUT2D eigenvalue weighted by molar-refractivity contribution is 5.98. The van der Waals surface area contributed by atoms with Gasteiger partial charge >= 0.3 is 12.0 Å². The number of carbonyl (C=O) groups is 2. The third kappa shape index (κ3) is 5.33. The van der Waals surface area contributed by atoms with Crippen LogP contribution in [-0.4, -0.2) is 25.7 Å². The van der Waals surface area contributed by atoms with Crippen molar-refractivity contribution >= 4 is 17.7 Å². The van der Waals surface area contributed by atoms with Gasteiger partial charge in [0.05, 0.1) is 12.8 Å². The van der Waals surface area contributed by atoms with Crippen LogP contribution >= 0.6 is 0 Å². The number of anilines is 1. The number of hydrogen-bond donors (Lipinski definition) is 2. The van der Waals surface area contributed by atoms with Crippen LogP contribution in [0.15, 0.2) is 23.1 Å². The molecule has 6 heteroatoms. The molecule has 1 rings (SSSR count). The van der Waals surface area contributed by atoms with E-state index in [4.69, 9.17) is 4.42 Å². The number of hydrogen-bond acceptors (Lipinski definition) is 4. The number of urea groups is 1. The highest BCUT2D eigenvalue weighted by Gasteiger charge is 2.20. The van der Waals surface area contributed by atoms with E-state index in [1.54, 1.807) is 12.1 Å². The predicted molar refractivity (Wildman–Crippen MR) is 80.5 cm³/mol. The van der Waals surface area contributed by atoms with Crippen LogP contribution in [0.4, 0.5) is 10.5 Å². The topological polar surface area (TPSA) is 80.6 Å². The summed E-state index contributed by atoms with van der Waals surface area (Å²) in [4.78, 5) is 23.4. The molecule has 2 amide bonds. The third-order valence-corrected chi connectivity index (χ3v) is 2.81. The molecule has 0 aliphatic carbocycles. The van der Waals surface area contributed by atoms with Gasteiger partial charge in [-0.05, 0) is 6.42 Å².